The smallest absolute Gasteiger partial charge is 0.255 e. The monoisotopic (exact) mass is 432 g/mol. The van der Waals surface area contributed by atoms with E-state index in [-0.39, 0.29) is 23.2 Å². The van der Waals surface area contributed by atoms with Crippen LogP contribution in [0.25, 0.3) is 22.4 Å². The van der Waals surface area contributed by atoms with Crippen LogP contribution in [0.3, 0.4) is 0 Å². The number of H-pyrrole nitrogens is 1. The highest BCUT2D eigenvalue weighted by Gasteiger charge is 2.23. The number of amides is 2. The molecule has 2 heterocycles. The molecule has 1 aromatic heterocycles. The zero-order chi connectivity index (χ0) is 22.4. The van der Waals surface area contributed by atoms with Gasteiger partial charge in [0.15, 0.2) is 0 Å². The standard InChI is InChI=1S/C24H18F2N4O2/c1-13(31)30-9-8-14-10-15(2-7-22(14)30)24(32)27-17-4-6-20-21(12-17)29-23(28-20)18-11-16(25)3-5-19(18)26/h2-7,10-12H,8-9H2,1H3,(H,27,32)(H,28,29). The van der Waals surface area contributed by atoms with Gasteiger partial charge in [0, 0.05) is 30.4 Å². The number of aromatic nitrogens is 2. The van der Waals surface area contributed by atoms with Crippen molar-refractivity contribution in [2.24, 2.45) is 0 Å². The van der Waals surface area contributed by atoms with Crippen LogP contribution in [0.2, 0.25) is 0 Å². The summed E-state index contributed by atoms with van der Waals surface area (Å²) >= 11 is 0. The van der Waals surface area contributed by atoms with Crippen molar-refractivity contribution in [3.05, 3.63) is 77.4 Å². The largest absolute Gasteiger partial charge is 0.338 e. The Labute approximate surface area is 181 Å². The number of imidazole rings is 1. The van der Waals surface area contributed by atoms with Gasteiger partial charge in [0.1, 0.15) is 17.5 Å². The van der Waals surface area contributed by atoms with Gasteiger partial charge >= 0.3 is 0 Å². The minimum atomic E-state index is -0.584. The Balaban J connectivity index is 1.39. The van der Waals surface area contributed by atoms with Crippen LogP contribution in [-0.4, -0.2) is 28.3 Å². The average Bonchev–Trinajstić information content (AvgIpc) is 3.38. The van der Waals surface area contributed by atoms with E-state index in [1.165, 1.54) is 6.92 Å². The summed E-state index contributed by atoms with van der Waals surface area (Å²) < 4.78 is 27.6. The number of hydrogen-bond donors (Lipinski definition) is 2. The van der Waals surface area contributed by atoms with E-state index < -0.39 is 11.6 Å². The first-order chi connectivity index (χ1) is 15.4. The summed E-state index contributed by atoms with van der Waals surface area (Å²) in [7, 11) is 0. The van der Waals surface area contributed by atoms with Crippen LogP contribution >= 0.6 is 0 Å². The SMILES string of the molecule is CC(=O)N1CCc2cc(C(=O)Nc3ccc4nc(-c5cc(F)ccc5F)[nH]c4c3)ccc21. The van der Waals surface area contributed by atoms with Crippen LogP contribution in [0, 0.1) is 11.6 Å². The predicted molar refractivity (Wildman–Crippen MR) is 118 cm³/mol. The van der Waals surface area contributed by atoms with Crippen molar-refractivity contribution >= 4 is 34.2 Å². The van der Waals surface area contributed by atoms with E-state index in [4.69, 9.17) is 0 Å². The normalized spacial score (nSPS) is 12.8. The number of aromatic amines is 1. The van der Waals surface area contributed by atoms with Gasteiger partial charge in [0.05, 0.1) is 16.6 Å². The van der Waals surface area contributed by atoms with E-state index in [1.54, 1.807) is 41.3 Å². The molecule has 0 radical (unpaired) electrons. The summed E-state index contributed by atoms with van der Waals surface area (Å²) in [5.41, 5.74) is 3.98. The molecule has 4 aromatic rings. The summed E-state index contributed by atoms with van der Waals surface area (Å²) in [6, 6.07) is 13.5. The van der Waals surface area contributed by atoms with E-state index >= 15 is 0 Å². The van der Waals surface area contributed by atoms with Gasteiger partial charge in [-0.3, -0.25) is 9.59 Å². The molecule has 1 aliphatic heterocycles. The average molecular weight is 432 g/mol. The topological polar surface area (TPSA) is 78.1 Å². The van der Waals surface area contributed by atoms with Crippen LogP contribution in [0.5, 0.6) is 0 Å². The first-order valence-corrected chi connectivity index (χ1v) is 10.1. The third kappa shape index (κ3) is 3.49. The molecule has 0 aliphatic carbocycles. The first-order valence-electron chi connectivity index (χ1n) is 10.1. The molecule has 0 unspecified atom stereocenters. The summed E-state index contributed by atoms with van der Waals surface area (Å²) in [5.74, 6) is -1.25. The molecule has 0 fully saturated rings. The fourth-order valence-corrected chi connectivity index (χ4v) is 3.97. The molecule has 32 heavy (non-hydrogen) atoms. The molecule has 0 bridgehead atoms. The van der Waals surface area contributed by atoms with E-state index in [2.05, 4.69) is 15.3 Å². The van der Waals surface area contributed by atoms with Gasteiger partial charge in [-0.1, -0.05) is 0 Å². The van der Waals surface area contributed by atoms with E-state index in [1.807, 2.05) is 0 Å². The molecule has 160 valence electrons. The van der Waals surface area contributed by atoms with Crippen molar-refractivity contribution < 1.29 is 18.4 Å². The van der Waals surface area contributed by atoms with Crippen LogP contribution in [0.1, 0.15) is 22.8 Å². The Hall–Kier alpha value is -4.07. The van der Waals surface area contributed by atoms with Crippen molar-refractivity contribution in [3.8, 4) is 11.4 Å². The molecular weight excluding hydrogens is 414 g/mol. The van der Waals surface area contributed by atoms with Crippen LogP contribution in [0.4, 0.5) is 20.2 Å². The Morgan fingerprint density at radius 3 is 2.72 bits per heavy atom. The zero-order valence-electron chi connectivity index (χ0n) is 17.1. The van der Waals surface area contributed by atoms with Gasteiger partial charge in [0.25, 0.3) is 5.91 Å². The lowest BCUT2D eigenvalue weighted by Crippen LogP contribution is -2.25. The van der Waals surface area contributed by atoms with Gasteiger partial charge in [0.2, 0.25) is 5.91 Å². The molecule has 0 saturated heterocycles. The van der Waals surface area contributed by atoms with Crippen LogP contribution < -0.4 is 10.2 Å². The highest BCUT2D eigenvalue weighted by atomic mass is 19.1. The maximum atomic E-state index is 14.1. The van der Waals surface area contributed by atoms with E-state index in [9.17, 15) is 18.4 Å². The molecule has 2 amide bonds. The number of hydrogen-bond acceptors (Lipinski definition) is 3. The van der Waals surface area contributed by atoms with Crippen molar-refractivity contribution in [3.63, 3.8) is 0 Å². The molecule has 8 heteroatoms. The number of rotatable bonds is 3. The predicted octanol–water partition coefficient (Wildman–Crippen LogP) is 4.67. The molecule has 2 N–H and O–H groups in total. The summed E-state index contributed by atoms with van der Waals surface area (Å²) in [4.78, 5) is 33.5. The van der Waals surface area contributed by atoms with Crippen LogP contribution in [0.15, 0.2) is 54.6 Å². The second-order valence-electron chi connectivity index (χ2n) is 7.66. The Bertz CT molecular complexity index is 1400. The second kappa shape index (κ2) is 7.56. The molecule has 5 rings (SSSR count). The Morgan fingerprint density at radius 2 is 1.91 bits per heavy atom. The van der Waals surface area contributed by atoms with Crippen molar-refractivity contribution in [2.45, 2.75) is 13.3 Å². The highest BCUT2D eigenvalue weighted by molar-refractivity contribution is 6.06. The lowest BCUT2D eigenvalue weighted by Gasteiger charge is -2.14. The molecule has 0 saturated carbocycles. The number of fused-ring (bicyclic) bond motifs is 2. The molecule has 6 nitrogen and oxygen atoms in total. The third-order valence-electron chi connectivity index (χ3n) is 5.54. The summed E-state index contributed by atoms with van der Waals surface area (Å²) in [6.07, 6.45) is 0.704. The number of nitrogens with zero attached hydrogens (tertiary/aromatic N) is 2. The number of carbonyl (C=O) groups is 2. The van der Waals surface area contributed by atoms with Gasteiger partial charge in [-0.2, -0.15) is 0 Å². The van der Waals surface area contributed by atoms with Gasteiger partial charge < -0.3 is 15.2 Å². The molecule has 0 atom stereocenters. The summed E-state index contributed by atoms with van der Waals surface area (Å²) in [6.45, 7) is 2.13. The molecule has 3 aromatic carbocycles. The Morgan fingerprint density at radius 1 is 1.06 bits per heavy atom. The maximum absolute atomic E-state index is 14.1. The minimum Gasteiger partial charge on any atom is -0.338 e. The van der Waals surface area contributed by atoms with Gasteiger partial charge in [-0.05, 0) is 66.6 Å². The number of anilines is 2. The number of benzene rings is 3. The van der Waals surface area contributed by atoms with Crippen LogP contribution in [-0.2, 0) is 11.2 Å². The minimum absolute atomic E-state index is 0.0219. The molecular formula is C24H18F2N4O2. The van der Waals surface area contributed by atoms with Crippen molar-refractivity contribution in [1.29, 1.82) is 0 Å². The van der Waals surface area contributed by atoms with E-state index in [0.29, 0.717) is 35.2 Å². The molecule has 1 aliphatic rings. The second-order valence-corrected chi connectivity index (χ2v) is 7.66. The highest BCUT2D eigenvalue weighted by Crippen LogP contribution is 2.30. The number of nitrogens with one attached hydrogen (secondary N) is 2. The maximum Gasteiger partial charge on any atom is 0.255 e. The Kier molecular flexibility index (Phi) is 4.70. The zero-order valence-corrected chi connectivity index (χ0v) is 17.1. The van der Waals surface area contributed by atoms with Crippen molar-refractivity contribution in [1.82, 2.24) is 9.97 Å². The fraction of sp³-hybridized carbons (Fsp3) is 0.125. The fourth-order valence-electron chi connectivity index (χ4n) is 3.97. The van der Waals surface area contributed by atoms with E-state index in [0.717, 1.165) is 29.4 Å². The molecule has 0 spiro atoms. The van der Waals surface area contributed by atoms with Crippen molar-refractivity contribution in [2.75, 3.05) is 16.8 Å². The lowest BCUT2D eigenvalue weighted by atomic mass is 10.1. The third-order valence-corrected chi connectivity index (χ3v) is 5.54. The summed E-state index contributed by atoms with van der Waals surface area (Å²) in [5, 5.41) is 2.84. The lowest BCUT2D eigenvalue weighted by molar-refractivity contribution is -0.116. The number of carbonyl (C=O) groups excluding carboxylic acids is 2. The first kappa shape index (κ1) is 19.9. The van der Waals surface area contributed by atoms with Gasteiger partial charge in [-0.15, -0.1) is 0 Å². The number of halogens is 2. The quantitative estimate of drug-likeness (QED) is 0.494. The van der Waals surface area contributed by atoms with Gasteiger partial charge in [-0.25, -0.2) is 13.8 Å².